The summed E-state index contributed by atoms with van der Waals surface area (Å²) < 4.78 is 55.2. The van der Waals surface area contributed by atoms with Crippen LogP contribution in [0.5, 0.6) is 0 Å². The van der Waals surface area contributed by atoms with Crippen LogP contribution in [0.3, 0.4) is 0 Å². The van der Waals surface area contributed by atoms with E-state index in [0.717, 1.165) is 11.1 Å². The standard InChI is InChI=1S/C28H27N5O4S2/c1-20-12-13-23(18-21(20)2)39(36,37)33-16-14-32(15-17-33)28-27(30-24-10-6-7-11-25(24)31-28)26(19-29)38(34,35)22-8-4-3-5-9-22/h3-13,18,26H,14-17H2,1-2H3/t26-/m0/s1. The highest BCUT2D eigenvalue weighted by atomic mass is 32.2. The van der Waals surface area contributed by atoms with Crippen molar-refractivity contribution in [2.75, 3.05) is 31.1 Å². The van der Waals surface area contributed by atoms with Gasteiger partial charge in [0.25, 0.3) is 0 Å². The molecule has 1 aliphatic rings. The lowest BCUT2D eigenvalue weighted by atomic mass is 10.1. The Kier molecular flexibility index (Phi) is 7.11. The SMILES string of the molecule is Cc1ccc(S(=O)(=O)N2CCN(c3nc4ccccc4nc3[C@H](C#N)S(=O)(=O)c3ccccc3)CC2)cc1C. The first-order chi connectivity index (χ1) is 18.6. The lowest BCUT2D eigenvalue weighted by Crippen LogP contribution is -2.49. The summed E-state index contributed by atoms with van der Waals surface area (Å²) in [6, 6.07) is 21.9. The molecule has 0 spiro atoms. The Bertz CT molecular complexity index is 1800. The summed E-state index contributed by atoms with van der Waals surface area (Å²) in [5.74, 6) is 0.267. The molecule has 1 atom stereocenters. The van der Waals surface area contributed by atoms with Gasteiger partial charge in [-0.25, -0.2) is 26.8 Å². The van der Waals surface area contributed by atoms with Crippen LogP contribution in [0.15, 0.2) is 82.6 Å². The third-order valence-corrected chi connectivity index (χ3v) is 10.8. The molecule has 0 amide bonds. The van der Waals surface area contributed by atoms with E-state index >= 15 is 0 Å². The van der Waals surface area contributed by atoms with Crippen molar-refractivity contribution in [1.82, 2.24) is 14.3 Å². The smallest absolute Gasteiger partial charge is 0.243 e. The molecule has 1 saturated heterocycles. The van der Waals surface area contributed by atoms with E-state index < -0.39 is 25.1 Å². The van der Waals surface area contributed by atoms with Crippen LogP contribution in [-0.2, 0) is 19.9 Å². The predicted octanol–water partition coefficient (Wildman–Crippen LogP) is 3.80. The molecule has 4 aromatic rings. The van der Waals surface area contributed by atoms with Crippen molar-refractivity contribution in [3.8, 4) is 6.07 Å². The molecular formula is C28H27N5O4S2. The second-order valence-electron chi connectivity index (χ2n) is 9.43. The number of fused-ring (bicyclic) bond motifs is 1. The minimum atomic E-state index is -4.11. The number of aryl methyl sites for hydroxylation is 2. The van der Waals surface area contributed by atoms with Crippen LogP contribution in [0.25, 0.3) is 11.0 Å². The molecular weight excluding hydrogens is 534 g/mol. The van der Waals surface area contributed by atoms with Crippen molar-refractivity contribution in [2.24, 2.45) is 0 Å². The van der Waals surface area contributed by atoms with Gasteiger partial charge in [-0.2, -0.15) is 9.57 Å². The number of sulfonamides is 1. The second kappa shape index (κ2) is 10.4. The minimum absolute atomic E-state index is 0.0155. The molecule has 3 aromatic carbocycles. The molecule has 1 aliphatic heterocycles. The summed E-state index contributed by atoms with van der Waals surface area (Å²) in [6.07, 6.45) is 0. The first kappa shape index (κ1) is 26.7. The lowest BCUT2D eigenvalue weighted by molar-refractivity contribution is 0.383. The van der Waals surface area contributed by atoms with Crippen molar-refractivity contribution in [1.29, 1.82) is 5.26 Å². The van der Waals surface area contributed by atoms with Gasteiger partial charge in [-0.15, -0.1) is 0 Å². The number of anilines is 1. The van der Waals surface area contributed by atoms with Gasteiger partial charge < -0.3 is 4.90 Å². The highest BCUT2D eigenvalue weighted by molar-refractivity contribution is 7.92. The van der Waals surface area contributed by atoms with Crippen LogP contribution in [-0.4, -0.2) is 57.3 Å². The fourth-order valence-electron chi connectivity index (χ4n) is 4.60. The molecule has 0 aliphatic carbocycles. The van der Waals surface area contributed by atoms with Gasteiger partial charge in [-0.05, 0) is 61.4 Å². The topological polar surface area (TPSA) is 124 Å². The molecule has 0 bridgehead atoms. The fraction of sp³-hybridized carbons (Fsp3) is 0.250. The molecule has 2 heterocycles. The Morgan fingerprint density at radius 2 is 1.38 bits per heavy atom. The van der Waals surface area contributed by atoms with Crippen LogP contribution in [0.1, 0.15) is 22.1 Å². The zero-order valence-electron chi connectivity index (χ0n) is 21.5. The molecule has 9 nitrogen and oxygen atoms in total. The van der Waals surface area contributed by atoms with E-state index in [1.807, 2.05) is 24.8 Å². The average molecular weight is 562 g/mol. The van der Waals surface area contributed by atoms with Crippen LogP contribution in [0.2, 0.25) is 0 Å². The van der Waals surface area contributed by atoms with Gasteiger partial charge in [-0.3, -0.25) is 0 Å². The van der Waals surface area contributed by atoms with E-state index in [-0.39, 0.29) is 47.5 Å². The molecule has 0 N–H and O–H groups in total. The number of nitriles is 1. The third kappa shape index (κ3) is 4.98. The summed E-state index contributed by atoms with van der Waals surface area (Å²) >= 11 is 0. The van der Waals surface area contributed by atoms with Crippen LogP contribution in [0, 0.1) is 25.2 Å². The van der Waals surface area contributed by atoms with Crippen LogP contribution >= 0.6 is 0 Å². The minimum Gasteiger partial charge on any atom is -0.352 e. The van der Waals surface area contributed by atoms with Crippen molar-refractivity contribution in [3.63, 3.8) is 0 Å². The normalized spacial score (nSPS) is 15.7. The molecule has 200 valence electrons. The number of hydrogen-bond acceptors (Lipinski definition) is 8. The van der Waals surface area contributed by atoms with E-state index in [2.05, 4.69) is 4.98 Å². The summed E-state index contributed by atoms with van der Waals surface area (Å²) in [6.45, 7) is 4.67. The first-order valence-electron chi connectivity index (χ1n) is 12.4. The number of aromatic nitrogens is 2. The fourth-order valence-corrected chi connectivity index (χ4v) is 7.51. The van der Waals surface area contributed by atoms with Crippen molar-refractivity contribution in [3.05, 3.63) is 89.6 Å². The Morgan fingerprint density at radius 3 is 2.00 bits per heavy atom. The lowest BCUT2D eigenvalue weighted by Gasteiger charge is -2.35. The van der Waals surface area contributed by atoms with Crippen molar-refractivity contribution in [2.45, 2.75) is 28.9 Å². The highest BCUT2D eigenvalue weighted by Crippen LogP contribution is 2.34. The van der Waals surface area contributed by atoms with Crippen molar-refractivity contribution < 1.29 is 16.8 Å². The number of benzene rings is 3. The Hall–Kier alpha value is -3.85. The molecule has 0 radical (unpaired) electrons. The van der Waals surface area contributed by atoms with Gasteiger partial charge in [0.1, 0.15) is 5.69 Å². The van der Waals surface area contributed by atoms with Gasteiger partial charge in [0.05, 0.1) is 26.9 Å². The van der Waals surface area contributed by atoms with Gasteiger partial charge >= 0.3 is 0 Å². The molecule has 39 heavy (non-hydrogen) atoms. The van der Waals surface area contributed by atoms with Gasteiger partial charge in [0.15, 0.2) is 11.1 Å². The molecule has 11 heteroatoms. The number of nitrogens with zero attached hydrogens (tertiary/aromatic N) is 5. The molecule has 1 fully saturated rings. The van der Waals surface area contributed by atoms with Crippen molar-refractivity contribution >= 4 is 36.7 Å². The summed E-state index contributed by atoms with van der Waals surface area (Å²) in [4.78, 5) is 11.4. The van der Waals surface area contributed by atoms with E-state index in [1.165, 1.54) is 16.4 Å². The van der Waals surface area contributed by atoms with Gasteiger partial charge in [0, 0.05) is 26.2 Å². The van der Waals surface area contributed by atoms with E-state index in [1.54, 1.807) is 60.7 Å². The number of piperazine rings is 1. The maximum absolute atomic E-state index is 13.5. The van der Waals surface area contributed by atoms with E-state index in [0.29, 0.717) is 11.0 Å². The largest absolute Gasteiger partial charge is 0.352 e. The summed E-state index contributed by atoms with van der Waals surface area (Å²) in [5, 5.41) is 8.49. The Morgan fingerprint density at radius 1 is 0.769 bits per heavy atom. The monoisotopic (exact) mass is 561 g/mol. The zero-order chi connectivity index (χ0) is 27.8. The molecule has 1 aromatic heterocycles. The summed E-state index contributed by atoms with van der Waals surface area (Å²) in [5.41, 5.74) is 2.96. The number of sulfone groups is 1. The maximum atomic E-state index is 13.5. The number of hydrogen-bond donors (Lipinski definition) is 0. The van der Waals surface area contributed by atoms with Gasteiger partial charge in [0.2, 0.25) is 19.9 Å². The maximum Gasteiger partial charge on any atom is 0.243 e. The van der Waals surface area contributed by atoms with E-state index in [9.17, 15) is 22.1 Å². The first-order valence-corrected chi connectivity index (χ1v) is 15.4. The zero-order valence-corrected chi connectivity index (χ0v) is 23.2. The van der Waals surface area contributed by atoms with Gasteiger partial charge in [-0.1, -0.05) is 36.4 Å². The number of para-hydroxylation sites is 2. The van der Waals surface area contributed by atoms with E-state index in [4.69, 9.17) is 4.98 Å². The summed E-state index contributed by atoms with van der Waals surface area (Å²) in [7, 11) is -7.82. The predicted molar refractivity (Wildman–Crippen MR) is 148 cm³/mol. The molecule has 0 unspecified atom stereocenters. The second-order valence-corrected chi connectivity index (χ2v) is 13.4. The highest BCUT2D eigenvalue weighted by Gasteiger charge is 2.36. The van der Waals surface area contributed by atoms with Crippen LogP contribution < -0.4 is 4.90 Å². The number of rotatable bonds is 6. The molecule has 5 rings (SSSR count). The Balaban J connectivity index is 1.51. The Labute approximate surface area is 228 Å². The quantitative estimate of drug-likeness (QED) is 0.348. The van der Waals surface area contributed by atoms with Crippen LogP contribution in [0.4, 0.5) is 5.82 Å². The third-order valence-electron chi connectivity index (χ3n) is 6.98. The average Bonchev–Trinajstić information content (AvgIpc) is 2.95. The molecule has 0 saturated carbocycles.